The molecule has 1 rings (SSSR count). The first-order chi connectivity index (χ1) is 8.73. The normalized spacial score (nSPS) is 10.7. The van der Waals surface area contributed by atoms with Gasteiger partial charge in [-0.1, -0.05) is 0 Å². The molecule has 0 atom stereocenters. The Hall–Kier alpha value is -1.02. The van der Waals surface area contributed by atoms with Gasteiger partial charge in [-0.3, -0.25) is 4.79 Å². The number of benzene rings is 1. The largest absolute Gasteiger partial charge is 0.573 e. The van der Waals surface area contributed by atoms with Crippen LogP contribution in [-0.2, 0) is 4.79 Å². The van der Waals surface area contributed by atoms with E-state index in [2.05, 4.69) is 26.0 Å². The molecule has 0 bridgehead atoms. The molecular formula is C10H5BrF3IN2O2. The average Bonchev–Trinajstić information content (AvgIpc) is 2.23. The zero-order valence-corrected chi connectivity index (χ0v) is 12.8. The summed E-state index contributed by atoms with van der Waals surface area (Å²) in [5.74, 6) is -1.08. The Labute approximate surface area is 128 Å². The second-order valence-electron chi connectivity index (χ2n) is 3.20. The standard InChI is InChI=1S/C10H5BrF3IN2O2/c11-6-3-5(19-10(12,13)14)4-7(9(6)15)17-8(18)1-2-16/h3-4H,1H2,(H,17,18). The number of hydrogen-bond acceptors (Lipinski definition) is 3. The second-order valence-corrected chi connectivity index (χ2v) is 5.13. The molecular weight excluding hydrogens is 444 g/mol. The monoisotopic (exact) mass is 448 g/mol. The van der Waals surface area contributed by atoms with Crippen LogP contribution >= 0.6 is 38.5 Å². The highest BCUT2D eigenvalue weighted by atomic mass is 127. The third kappa shape index (κ3) is 5.23. The van der Waals surface area contributed by atoms with Crippen LogP contribution in [0.1, 0.15) is 6.42 Å². The maximum Gasteiger partial charge on any atom is 0.573 e. The molecule has 0 saturated carbocycles. The lowest BCUT2D eigenvalue weighted by molar-refractivity contribution is -0.274. The van der Waals surface area contributed by atoms with E-state index < -0.39 is 24.4 Å². The van der Waals surface area contributed by atoms with Crippen molar-refractivity contribution in [3.05, 3.63) is 20.2 Å². The third-order valence-electron chi connectivity index (χ3n) is 1.75. The molecule has 0 aliphatic carbocycles. The Morgan fingerprint density at radius 3 is 2.68 bits per heavy atom. The first-order valence-electron chi connectivity index (χ1n) is 4.64. The highest BCUT2D eigenvalue weighted by Crippen LogP contribution is 2.34. The molecule has 1 aromatic rings. The lowest BCUT2D eigenvalue weighted by Crippen LogP contribution is -2.18. The quantitative estimate of drug-likeness (QED) is 0.715. The maximum atomic E-state index is 12.1. The van der Waals surface area contributed by atoms with Crippen LogP contribution in [0.2, 0.25) is 0 Å². The number of nitrogens with zero attached hydrogens (tertiary/aromatic N) is 1. The Kier molecular flexibility index (Phi) is 5.42. The van der Waals surface area contributed by atoms with E-state index in [0.717, 1.165) is 12.1 Å². The summed E-state index contributed by atoms with van der Waals surface area (Å²) in [7, 11) is 0. The van der Waals surface area contributed by atoms with E-state index in [-0.39, 0.29) is 5.69 Å². The van der Waals surface area contributed by atoms with Gasteiger partial charge in [0.05, 0.1) is 15.3 Å². The lowest BCUT2D eigenvalue weighted by atomic mass is 10.3. The molecule has 0 unspecified atom stereocenters. The van der Waals surface area contributed by atoms with Gasteiger partial charge < -0.3 is 10.1 Å². The zero-order chi connectivity index (χ0) is 14.6. The summed E-state index contributed by atoms with van der Waals surface area (Å²) >= 11 is 4.90. The summed E-state index contributed by atoms with van der Waals surface area (Å²) in [4.78, 5) is 11.3. The van der Waals surface area contributed by atoms with Crippen molar-refractivity contribution in [2.45, 2.75) is 12.8 Å². The van der Waals surface area contributed by atoms with Crippen LogP contribution in [0.3, 0.4) is 0 Å². The van der Waals surface area contributed by atoms with Crippen molar-refractivity contribution in [2.24, 2.45) is 0 Å². The van der Waals surface area contributed by atoms with Gasteiger partial charge in [0, 0.05) is 10.5 Å². The van der Waals surface area contributed by atoms with Gasteiger partial charge in [0.25, 0.3) is 0 Å². The number of nitrogens with one attached hydrogen (secondary N) is 1. The van der Waals surface area contributed by atoms with Crippen LogP contribution in [0.15, 0.2) is 16.6 Å². The molecule has 0 saturated heterocycles. The third-order valence-corrected chi connectivity index (χ3v) is 4.28. The molecule has 0 heterocycles. The predicted octanol–water partition coefficient (Wildman–Crippen LogP) is 3.80. The molecule has 1 aromatic carbocycles. The van der Waals surface area contributed by atoms with Gasteiger partial charge in [-0.2, -0.15) is 5.26 Å². The van der Waals surface area contributed by atoms with Crippen LogP contribution in [0, 0.1) is 14.9 Å². The van der Waals surface area contributed by atoms with Crippen molar-refractivity contribution < 1.29 is 22.7 Å². The van der Waals surface area contributed by atoms with Gasteiger partial charge in [0.2, 0.25) is 5.91 Å². The Morgan fingerprint density at radius 1 is 1.53 bits per heavy atom. The number of anilines is 1. The van der Waals surface area contributed by atoms with Gasteiger partial charge in [-0.25, -0.2) is 0 Å². The lowest BCUT2D eigenvalue weighted by Gasteiger charge is -2.13. The number of rotatable bonds is 3. The molecule has 102 valence electrons. The molecule has 0 spiro atoms. The molecule has 0 fully saturated rings. The van der Waals surface area contributed by atoms with Crippen LogP contribution in [0.4, 0.5) is 18.9 Å². The van der Waals surface area contributed by atoms with Gasteiger partial charge in [0.15, 0.2) is 0 Å². The molecule has 4 nitrogen and oxygen atoms in total. The summed E-state index contributed by atoms with van der Waals surface area (Å²) in [5.41, 5.74) is 0.134. The summed E-state index contributed by atoms with van der Waals surface area (Å²) < 4.78 is 41.0. The number of halogens is 5. The first-order valence-corrected chi connectivity index (χ1v) is 6.51. The fourth-order valence-electron chi connectivity index (χ4n) is 1.11. The van der Waals surface area contributed by atoms with Crippen LogP contribution in [-0.4, -0.2) is 12.3 Å². The Balaban J connectivity index is 3.04. The van der Waals surface area contributed by atoms with E-state index in [9.17, 15) is 18.0 Å². The number of carbonyl (C=O) groups is 1. The average molecular weight is 449 g/mol. The van der Waals surface area contributed by atoms with Crippen LogP contribution in [0.5, 0.6) is 5.75 Å². The summed E-state index contributed by atoms with van der Waals surface area (Å²) in [6.45, 7) is 0. The van der Waals surface area contributed by atoms with E-state index in [1.54, 1.807) is 6.07 Å². The van der Waals surface area contributed by atoms with Crippen molar-refractivity contribution in [3.8, 4) is 11.8 Å². The summed E-state index contributed by atoms with van der Waals surface area (Å²) in [6, 6.07) is 3.81. The second kappa shape index (κ2) is 6.42. The number of alkyl halides is 3. The highest BCUT2D eigenvalue weighted by Gasteiger charge is 2.31. The number of hydrogen-bond donors (Lipinski definition) is 1. The van der Waals surface area contributed by atoms with Gasteiger partial charge in [-0.05, 0) is 44.6 Å². The zero-order valence-electron chi connectivity index (χ0n) is 9.02. The summed E-state index contributed by atoms with van der Waals surface area (Å²) in [5, 5.41) is 10.7. The van der Waals surface area contributed by atoms with Gasteiger partial charge >= 0.3 is 6.36 Å². The molecule has 1 amide bonds. The maximum absolute atomic E-state index is 12.1. The minimum absolute atomic E-state index is 0.134. The van der Waals surface area contributed by atoms with Crippen molar-refractivity contribution >= 4 is 50.1 Å². The van der Waals surface area contributed by atoms with E-state index >= 15 is 0 Å². The summed E-state index contributed by atoms with van der Waals surface area (Å²) in [6.07, 6.45) is -5.21. The molecule has 0 aliphatic rings. The smallest absolute Gasteiger partial charge is 0.406 e. The molecule has 9 heteroatoms. The van der Waals surface area contributed by atoms with E-state index in [1.807, 2.05) is 22.6 Å². The van der Waals surface area contributed by atoms with Crippen molar-refractivity contribution in [1.29, 1.82) is 5.26 Å². The van der Waals surface area contributed by atoms with E-state index in [1.165, 1.54) is 0 Å². The van der Waals surface area contributed by atoms with Crippen LogP contribution in [0.25, 0.3) is 0 Å². The molecule has 0 aromatic heterocycles. The van der Waals surface area contributed by atoms with Crippen LogP contribution < -0.4 is 10.1 Å². The number of ether oxygens (including phenoxy) is 1. The molecule has 19 heavy (non-hydrogen) atoms. The number of amides is 1. The Morgan fingerprint density at radius 2 is 2.16 bits per heavy atom. The fraction of sp³-hybridized carbons (Fsp3) is 0.200. The van der Waals surface area contributed by atoms with Gasteiger partial charge in [-0.15, -0.1) is 13.2 Å². The Bertz CT molecular complexity index is 543. The fourth-order valence-corrected chi connectivity index (χ4v) is 2.00. The minimum atomic E-state index is -4.82. The highest BCUT2D eigenvalue weighted by molar-refractivity contribution is 14.1. The molecule has 1 N–H and O–H groups in total. The topological polar surface area (TPSA) is 62.1 Å². The SMILES string of the molecule is N#CCC(=O)Nc1cc(OC(F)(F)F)cc(Br)c1I. The van der Waals surface area contributed by atoms with Crippen molar-refractivity contribution in [2.75, 3.05) is 5.32 Å². The van der Waals surface area contributed by atoms with E-state index in [4.69, 9.17) is 5.26 Å². The van der Waals surface area contributed by atoms with E-state index in [0.29, 0.717) is 8.04 Å². The molecule has 0 aliphatic heterocycles. The predicted molar refractivity (Wildman–Crippen MR) is 72.4 cm³/mol. The number of nitriles is 1. The van der Waals surface area contributed by atoms with Gasteiger partial charge in [0.1, 0.15) is 12.2 Å². The molecule has 0 radical (unpaired) electrons. The van der Waals surface area contributed by atoms with Crippen molar-refractivity contribution in [1.82, 2.24) is 0 Å². The number of carbonyl (C=O) groups excluding carboxylic acids is 1. The first kappa shape index (κ1) is 16.0. The minimum Gasteiger partial charge on any atom is -0.406 e. The van der Waals surface area contributed by atoms with Crippen molar-refractivity contribution in [3.63, 3.8) is 0 Å².